The van der Waals surface area contributed by atoms with Crippen molar-refractivity contribution in [2.75, 3.05) is 0 Å². The van der Waals surface area contributed by atoms with Crippen LogP contribution in [-0.4, -0.2) is 9.19 Å². The van der Waals surface area contributed by atoms with Crippen LogP contribution >= 0.6 is 27.5 Å². The first-order valence-electron chi connectivity index (χ1n) is 5.25. The summed E-state index contributed by atoms with van der Waals surface area (Å²) >= 11 is 9.42. The van der Waals surface area contributed by atoms with Crippen LogP contribution in [-0.2, 0) is 22.3 Å². The molecule has 1 heterocycles. The monoisotopic (exact) mass is 347 g/mol. The van der Waals surface area contributed by atoms with Gasteiger partial charge >= 0.3 is 0 Å². The van der Waals surface area contributed by atoms with E-state index in [4.69, 9.17) is 16.0 Å². The third-order valence-corrected chi connectivity index (χ3v) is 4.34. The summed E-state index contributed by atoms with van der Waals surface area (Å²) in [7, 11) is -1.09. The van der Waals surface area contributed by atoms with Crippen molar-refractivity contribution in [1.29, 1.82) is 0 Å². The fraction of sp³-hybridized carbons (Fsp3) is 0.250. The number of aryl methyl sites for hydroxylation is 1. The van der Waals surface area contributed by atoms with Crippen molar-refractivity contribution in [2.24, 2.45) is 0 Å². The minimum Gasteiger partial charge on any atom is -0.445 e. The molecule has 0 fully saturated rings. The van der Waals surface area contributed by atoms with Crippen LogP contribution in [0.3, 0.4) is 0 Å². The topological polar surface area (TPSA) is 43.1 Å². The standard InChI is InChI=1S/C12H11BrClNO2S/c1-8-5-15-12(17-8)7-18(16)6-9-4-10(13)2-3-11(9)14/h2-5H,6-7H2,1H3/t18-/m0/s1. The molecule has 0 aliphatic heterocycles. The smallest absolute Gasteiger partial charge is 0.206 e. The molecule has 2 aromatic rings. The zero-order chi connectivity index (χ0) is 13.1. The summed E-state index contributed by atoms with van der Waals surface area (Å²) in [6, 6.07) is 5.51. The van der Waals surface area contributed by atoms with E-state index in [0.29, 0.717) is 22.4 Å². The van der Waals surface area contributed by atoms with Crippen LogP contribution in [0.4, 0.5) is 0 Å². The van der Waals surface area contributed by atoms with E-state index in [0.717, 1.165) is 15.8 Å². The largest absolute Gasteiger partial charge is 0.445 e. The molecule has 1 aromatic carbocycles. The van der Waals surface area contributed by atoms with Gasteiger partial charge in [-0.15, -0.1) is 0 Å². The highest BCUT2D eigenvalue weighted by Crippen LogP contribution is 2.22. The van der Waals surface area contributed by atoms with Crippen molar-refractivity contribution in [3.05, 3.63) is 51.1 Å². The van der Waals surface area contributed by atoms with Gasteiger partial charge in [0, 0.05) is 20.3 Å². The lowest BCUT2D eigenvalue weighted by Crippen LogP contribution is -2.00. The number of hydrogen-bond donors (Lipinski definition) is 0. The molecule has 0 spiro atoms. The Kier molecular flexibility index (Phi) is 4.59. The van der Waals surface area contributed by atoms with Crippen molar-refractivity contribution in [3.63, 3.8) is 0 Å². The molecular weight excluding hydrogens is 338 g/mol. The second-order valence-corrected chi connectivity index (χ2v) is 6.61. The Bertz CT molecular complexity index is 585. The van der Waals surface area contributed by atoms with E-state index in [2.05, 4.69) is 20.9 Å². The van der Waals surface area contributed by atoms with Gasteiger partial charge in [-0.05, 0) is 30.7 Å². The number of benzene rings is 1. The Labute approximate surface area is 121 Å². The van der Waals surface area contributed by atoms with Gasteiger partial charge in [-0.1, -0.05) is 27.5 Å². The maximum Gasteiger partial charge on any atom is 0.206 e. The molecule has 18 heavy (non-hydrogen) atoms. The van der Waals surface area contributed by atoms with E-state index < -0.39 is 10.8 Å². The number of oxazole rings is 1. The molecule has 1 aromatic heterocycles. The molecular formula is C12H11BrClNO2S. The molecule has 0 bridgehead atoms. The highest BCUT2D eigenvalue weighted by molar-refractivity contribution is 9.10. The number of aromatic nitrogens is 1. The van der Waals surface area contributed by atoms with Gasteiger partial charge < -0.3 is 4.42 Å². The van der Waals surface area contributed by atoms with Gasteiger partial charge in [0.05, 0.1) is 11.9 Å². The van der Waals surface area contributed by atoms with Crippen LogP contribution in [0.1, 0.15) is 17.2 Å². The number of rotatable bonds is 4. The Morgan fingerprint density at radius 2 is 2.22 bits per heavy atom. The molecule has 96 valence electrons. The lowest BCUT2D eigenvalue weighted by atomic mass is 10.2. The molecule has 0 saturated carbocycles. The fourth-order valence-electron chi connectivity index (χ4n) is 1.48. The zero-order valence-electron chi connectivity index (χ0n) is 9.65. The Morgan fingerprint density at radius 1 is 1.44 bits per heavy atom. The van der Waals surface area contributed by atoms with E-state index in [1.54, 1.807) is 12.3 Å². The minimum absolute atomic E-state index is 0.302. The maximum absolute atomic E-state index is 12.0. The number of halogens is 2. The van der Waals surface area contributed by atoms with Crippen LogP contribution in [0.25, 0.3) is 0 Å². The first kappa shape index (κ1) is 13.8. The molecule has 0 N–H and O–H groups in total. The van der Waals surface area contributed by atoms with Crippen LogP contribution in [0, 0.1) is 6.92 Å². The lowest BCUT2D eigenvalue weighted by Gasteiger charge is -2.04. The van der Waals surface area contributed by atoms with Crippen molar-refractivity contribution in [3.8, 4) is 0 Å². The Hall–Kier alpha value is -0.650. The highest BCUT2D eigenvalue weighted by atomic mass is 79.9. The van der Waals surface area contributed by atoms with Crippen molar-refractivity contribution in [2.45, 2.75) is 18.4 Å². The van der Waals surface area contributed by atoms with Crippen LogP contribution in [0.15, 0.2) is 33.3 Å². The van der Waals surface area contributed by atoms with Crippen LogP contribution in [0.5, 0.6) is 0 Å². The third kappa shape index (κ3) is 3.67. The predicted octanol–water partition coefficient (Wildman–Crippen LogP) is 3.85. The molecule has 0 unspecified atom stereocenters. The predicted molar refractivity (Wildman–Crippen MR) is 75.9 cm³/mol. The van der Waals surface area contributed by atoms with Gasteiger partial charge in [0.2, 0.25) is 5.89 Å². The quantitative estimate of drug-likeness (QED) is 0.843. The SMILES string of the molecule is Cc1cnc(C[S@@](=O)Cc2cc(Br)ccc2Cl)o1. The van der Waals surface area contributed by atoms with Gasteiger partial charge in [0.15, 0.2) is 0 Å². The summed E-state index contributed by atoms with van der Waals surface area (Å²) in [5.74, 6) is 1.91. The number of hydrogen-bond acceptors (Lipinski definition) is 3. The van der Waals surface area contributed by atoms with E-state index in [9.17, 15) is 4.21 Å². The van der Waals surface area contributed by atoms with Gasteiger partial charge in [-0.2, -0.15) is 0 Å². The minimum atomic E-state index is -1.09. The van der Waals surface area contributed by atoms with Crippen molar-refractivity contribution < 1.29 is 8.63 Å². The molecule has 0 amide bonds. The van der Waals surface area contributed by atoms with E-state index in [-0.39, 0.29) is 0 Å². The second-order valence-electron chi connectivity index (χ2n) is 3.83. The first-order chi connectivity index (χ1) is 8.54. The van der Waals surface area contributed by atoms with Crippen molar-refractivity contribution in [1.82, 2.24) is 4.98 Å². The fourth-order valence-corrected chi connectivity index (χ4v) is 3.25. The van der Waals surface area contributed by atoms with E-state index >= 15 is 0 Å². The molecule has 1 atom stereocenters. The van der Waals surface area contributed by atoms with Crippen molar-refractivity contribution >= 4 is 38.3 Å². The summed E-state index contributed by atoms with van der Waals surface area (Å²) < 4.78 is 18.2. The van der Waals surface area contributed by atoms with E-state index in [1.807, 2.05) is 19.1 Å². The number of nitrogens with zero attached hydrogens (tertiary/aromatic N) is 1. The molecule has 0 aliphatic carbocycles. The summed E-state index contributed by atoms with van der Waals surface area (Å²) in [6.07, 6.45) is 1.62. The Balaban J connectivity index is 2.05. The van der Waals surface area contributed by atoms with Gasteiger partial charge in [-0.3, -0.25) is 4.21 Å². The van der Waals surface area contributed by atoms with E-state index in [1.165, 1.54) is 0 Å². The molecule has 3 nitrogen and oxygen atoms in total. The summed E-state index contributed by atoms with van der Waals surface area (Å²) in [6.45, 7) is 1.81. The molecule has 6 heteroatoms. The maximum atomic E-state index is 12.0. The average Bonchev–Trinajstić information content (AvgIpc) is 2.69. The van der Waals surface area contributed by atoms with Gasteiger partial charge in [-0.25, -0.2) is 4.98 Å². The Morgan fingerprint density at radius 3 is 2.89 bits per heavy atom. The molecule has 0 saturated heterocycles. The van der Waals surface area contributed by atoms with Gasteiger partial charge in [0.25, 0.3) is 0 Å². The molecule has 0 aliphatic rings. The lowest BCUT2D eigenvalue weighted by molar-refractivity contribution is 0.488. The molecule has 2 rings (SSSR count). The van der Waals surface area contributed by atoms with Gasteiger partial charge in [0.1, 0.15) is 11.5 Å². The molecule has 0 radical (unpaired) electrons. The summed E-state index contributed by atoms with van der Waals surface area (Å²) in [4.78, 5) is 4.04. The first-order valence-corrected chi connectivity index (χ1v) is 7.90. The summed E-state index contributed by atoms with van der Waals surface area (Å²) in [5.41, 5.74) is 0.854. The highest BCUT2D eigenvalue weighted by Gasteiger charge is 2.10. The van der Waals surface area contributed by atoms with Crippen LogP contribution in [0.2, 0.25) is 5.02 Å². The second kappa shape index (κ2) is 5.99. The summed E-state index contributed by atoms with van der Waals surface area (Å²) in [5, 5.41) is 0.620. The normalized spacial score (nSPS) is 12.6. The zero-order valence-corrected chi connectivity index (χ0v) is 12.8. The third-order valence-electron chi connectivity index (χ3n) is 2.28. The van der Waals surface area contributed by atoms with Crippen LogP contribution < -0.4 is 0 Å². The average molecular weight is 349 g/mol.